The molecule has 0 saturated carbocycles. The summed E-state index contributed by atoms with van der Waals surface area (Å²) < 4.78 is 18.9. The maximum absolute atomic E-state index is 13.2. The van der Waals surface area contributed by atoms with Crippen LogP contribution >= 0.6 is 0 Å². The third kappa shape index (κ3) is 5.09. The average Bonchev–Trinajstić information content (AvgIpc) is 2.77. The fourth-order valence-electron chi connectivity index (χ4n) is 3.16. The van der Waals surface area contributed by atoms with E-state index in [9.17, 15) is 14.0 Å². The number of nitrogens with zero attached hydrogens (tertiary/aromatic N) is 1. The third-order valence-electron chi connectivity index (χ3n) is 4.95. The highest BCUT2D eigenvalue weighted by Crippen LogP contribution is 2.38. The van der Waals surface area contributed by atoms with Gasteiger partial charge in [0.25, 0.3) is 0 Å². The van der Waals surface area contributed by atoms with E-state index >= 15 is 0 Å². The summed E-state index contributed by atoms with van der Waals surface area (Å²) in [6.45, 7) is 8.83. The van der Waals surface area contributed by atoms with Crippen molar-refractivity contribution in [3.8, 4) is 5.75 Å². The number of urea groups is 1. The van der Waals surface area contributed by atoms with Crippen molar-refractivity contribution in [3.63, 3.8) is 0 Å². The van der Waals surface area contributed by atoms with E-state index in [1.165, 1.54) is 24.3 Å². The zero-order valence-corrected chi connectivity index (χ0v) is 17.8. The van der Waals surface area contributed by atoms with Gasteiger partial charge in [-0.15, -0.1) is 0 Å². The van der Waals surface area contributed by atoms with Crippen LogP contribution in [0.25, 0.3) is 0 Å². The van der Waals surface area contributed by atoms with Crippen molar-refractivity contribution in [2.75, 3.05) is 28.7 Å². The van der Waals surface area contributed by atoms with E-state index < -0.39 is 11.4 Å². The second kappa shape index (κ2) is 8.73. The molecule has 2 aromatic carbocycles. The summed E-state index contributed by atoms with van der Waals surface area (Å²) in [6.07, 6.45) is 0.851. The first kappa shape index (κ1) is 21.6. The van der Waals surface area contributed by atoms with Gasteiger partial charge in [0.2, 0.25) is 5.91 Å². The lowest BCUT2D eigenvalue weighted by Gasteiger charge is -2.28. The van der Waals surface area contributed by atoms with Crippen molar-refractivity contribution in [1.29, 1.82) is 0 Å². The normalized spacial score (nSPS) is 15.3. The molecule has 0 fully saturated rings. The SMILES string of the molecule is CC(C)CCN1C(=O)C(C)(C)COc2ccc(NC(=O)Nc3ccc(F)cc3)cc21. The Balaban J connectivity index is 1.82. The molecular formula is C23H28FN3O3. The molecule has 7 heteroatoms. The van der Waals surface area contributed by atoms with E-state index in [2.05, 4.69) is 24.5 Å². The van der Waals surface area contributed by atoms with Crippen LogP contribution in [-0.4, -0.2) is 25.1 Å². The molecule has 0 unspecified atom stereocenters. The van der Waals surface area contributed by atoms with Crippen LogP contribution < -0.4 is 20.3 Å². The number of hydrogen-bond donors (Lipinski definition) is 2. The number of benzene rings is 2. The highest BCUT2D eigenvalue weighted by atomic mass is 19.1. The molecule has 0 aliphatic carbocycles. The Labute approximate surface area is 176 Å². The molecule has 0 atom stereocenters. The number of rotatable bonds is 5. The lowest BCUT2D eigenvalue weighted by Crippen LogP contribution is -2.42. The van der Waals surface area contributed by atoms with E-state index in [1.54, 1.807) is 23.1 Å². The number of anilines is 3. The standard InChI is InChI=1S/C23H28FN3O3/c1-15(2)11-12-27-19-13-18(9-10-20(19)30-14-23(3,4)21(27)28)26-22(29)25-17-7-5-16(24)6-8-17/h5-10,13,15H,11-12,14H2,1-4H3,(H2,25,26,29). The molecular weight excluding hydrogens is 385 g/mol. The Morgan fingerprint density at radius 1 is 1.13 bits per heavy atom. The van der Waals surface area contributed by atoms with Crippen LogP contribution in [0, 0.1) is 17.2 Å². The van der Waals surface area contributed by atoms with Gasteiger partial charge < -0.3 is 20.3 Å². The number of carbonyl (C=O) groups is 2. The first-order valence-corrected chi connectivity index (χ1v) is 10.1. The second-order valence-corrected chi connectivity index (χ2v) is 8.58. The van der Waals surface area contributed by atoms with Gasteiger partial charge in [0.15, 0.2) is 0 Å². The predicted molar refractivity (Wildman–Crippen MR) is 117 cm³/mol. The monoisotopic (exact) mass is 413 g/mol. The minimum absolute atomic E-state index is 0.00480. The summed E-state index contributed by atoms with van der Waals surface area (Å²) in [5, 5.41) is 5.41. The quantitative estimate of drug-likeness (QED) is 0.702. The first-order chi connectivity index (χ1) is 14.2. The van der Waals surface area contributed by atoms with Crippen LogP contribution in [0.1, 0.15) is 34.1 Å². The van der Waals surface area contributed by atoms with E-state index in [4.69, 9.17) is 4.74 Å². The van der Waals surface area contributed by atoms with Crippen molar-refractivity contribution in [2.24, 2.45) is 11.3 Å². The Hall–Kier alpha value is -3.09. The fourth-order valence-corrected chi connectivity index (χ4v) is 3.16. The molecule has 0 aromatic heterocycles. The summed E-state index contributed by atoms with van der Waals surface area (Å²) in [6, 6.07) is 10.3. The molecule has 6 nitrogen and oxygen atoms in total. The molecule has 160 valence electrons. The molecule has 0 bridgehead atoms. The molecule has 3 rings (SSSR count). The number of carbonyl (C=O) groups excluding carboxylic acids is 2. The summed E-state index contributed by atoms with van der Waals surface area (Å²) >= 11 is 0. The van der Waals surface area contributed by atoms with Gasteiger partial charge in [0.1, 0.15) is 18.2 Å². The number of ether oxygens (including phenoxy) is 1. The maximum atomic E-state index is 13.2. The molecule has 0 spiro atoms. The van der Waals surface area contributed by atoms with Crippen LogP contribution in [0.5, 0.6) is 5.75 Å². The number of fused-ring (bicyclic) bond motifs is 1. The van der Waals surface area contributed by atoms with Gasteiger partial charge in [-0.1, -0.05) is 13.8 Å². The lowest BCUT2D eigenvalue weighted by molar-refractivity contribution is -0.127. The van der Waals surface area contributed by atoms with Crippen molar-refractivity contribution < 1.29 is 18.7 Å². The summed E-state index contributed by atoms with van der Waals surface area (Å²) in [5.74, 6) is 0.675. The lowest BCUT2D eigenvalue weighted by atomic mass is 9.92. The van der Waals surface area contributed by atoms with Crippen molar-refractivity contribution >= 4 is 29.0 Å². The Bertz CT molecular complexity index is 926. The van der Waals surface area contributed by atoms with Crippen molar-refractivity contribution in [1.82, 2.24) is 0 Å². The number of halogens is 1. The molecule has 1 heterocycles. The Morgan fingerprint density at radius 2 is 1.77 bits per heavy atom. The zero-order valence-electron chi connectivity index (χ0n) is 17.8. The van der Waals surface area contributed by atoms with Crippen LogP contribution in [0.2, 0.25) is 0 Å². The summed E-state index contributed by atoms with van der Waals surface area (Å²) in [7, 11) is 0. The van der Waals surface area contributed by atoms with E-state index in [0.717, 1.165) is 6.42 Å². The summed E-state index contributed by atoms with van der Waals surface area (Å²) in [5.41, 5.74) is 0.996. The molecule has 1 aliphatic heterocycles. The number of hydrogen-bond acceptors (Lipinski definition) is 3. The molecule has 2 N–H and O–H groups in total. The van der Waals surface area contributed by atoms with Gasteiger partial charge in [0, 0.05) is 17.9 Å². The fraction of sp³-hybridized carbons (Fsp3) is 0.391. The Kier molecular flexibility index (Phi) is 6.29. The van der Waals surface area contributed by atoms with Gasteiger partial charge >= 0.3 is 6.03 Å². The van der Waals surface area contributed by atoms with Gasteiger partial charge in [0.05, 0.1) is 11.1 Å². The average molecular weight is 413 g/mol. The predicted octanol–water partition coefficient (Wildman–Crippen LogP) is 5.27. The highest BCUT2D eigenvalue weighted by Gasteiger charge is 2.37. The van der Waals surface area contributed by atoms with Crippen LogP contribution in [0.4, 0.5) is 26.2 Å². The smallest absolute Gasteiger partial charge is 0.323 e. The molecule has 2 aromatic rings. The molecule has 30 heavy (non-hydrogen) atoms. The van der Waals surface area contributed by atoms with Gasteiger partial charge in [-0.25, -0.2) is 9.18 Å². The largest absolute Gasteiger partial charge is 0.490 e. The van der Waals surface area contributed by atoms with Gasteiger partial charge in [-0.2, -0.15) is 0 Å². The van der Waals surface area contributed by atoms with Gasteiger partial charge in [-0.3, -0.25) is 4.79 Å². The van der Waals surface area contributed by atoms with Crippen LogP contribution in [0.15, 0.2) is 42.5 Å². The molecule has 0 radical (unpaired) electrons. The van der Waals surface area contributed by atoms with E-state index in [0.29, 0.717) is 35.3 Å². The van der Waals surface area contributed by atoms with Gasteiger partial charge in [-0.05, 0) is 68.7 Å². The van der Waals surface area contributed by atoms with Crippen molar-refractivity contribution in [2.45, 2.75) is 34.1 Å². The second-order valence-electron chi connectivity index (χ2n) is 8.58. The third-order valence-corrected chi connectivity index (χ3v) is 4.95. The first-order valence-electron chi connectivity index (χ1n) is 10.1. The highest BCUT2D eigenvalue weighted by molar-refractivity contribution is 6.02. The van der Waals surface area contributed by atoms with Crippen LogP contribution in [-0.2, 0) is 4.79 Å². The molecule has 3 amide bonds. The van der Waals surface area contributed by atoms with E-state index in [-0.39, 0.29) is 18.3 Å². The number of amides is 3. The minimum atomic E-state index is -0.649. The van der Waals surface area contributed by atoms with Crippen LogP contribution in [0.3, 0.4) is 0 Å². The topological polar surface area (TPSA) is 70.7 Å². The molecule has 1 aliphatic rings. The van der Waals surface area contributed by atoms with Crippen molar-refractivity contribution in [3.05, 3.63) is 48.3 Å². The number of nitrogens with one attached hydrogen (secondary N) is 2. The Morgan fingerprint density at radius 3 is 2.43 bits per heavy atom. The molecule has 0 saturated heterocycles. The van der Waals surface area contributed by atoms with E-state index in [1.807, 2.05) is 13.8 Å². The summed E-state index contributed by atoms with van der Waals surface area (Å²) in [4.78, 5) is 27.3. The maximum Gasteiger partial charge on any atom is 0.323 e. The minimum Gasteiger partial charge on any atom is -0.490 e. The zero-order chi connectivity index (χ0) is 21.9.